The maximum atomic E-state index is 13.0. The number of carbonyl (C=O) groups is 3. The van der Waals surface area contributed by atoms with Gasteiger partial charge in [-0.15, -0.1) is 4.91 Å². The lowest BCUT2D eigenvalue weighted by atomic mass is 9.88. The number of ether oxygens (including phenoxy) is 1. The molecule has 2 fully saturated rings. The number of rotatable bonds is 10. The van der Waals surface area contributed by atoms with E-state index in [1.165, 1.54) is 6.92 Å². The maximum absolute atomic E-state index is 13.0. The molecule has 0 saturated carbocycles. The molecule has 2 aliphatic rings. The molecular weight excluding hydrogens is 412 g/mol. The van der Waals surface area contributed by atoms with Gasteiger partial charge in [0.1, 0.15) is 18.6 Å². The third-order valence-corrected chi connectivity index (χ3v) is 7.60. The molecule has 8 nitrogen and oxygen atoms in total. The summed E-state index contributed by atoms with van der Waals surface area (Å²) in [4.78, 5) is 49.4. The molecule has 32 heavy (non-hydrogen) atoms. The van der Waals surface area contributed by atoms with Crippen LogP contribution in [0.25, 0.3) is 0 Å². The smallest absolute Gasteiger partial charge is 0.316 e. The second kappa shape index (κ2) is 9.58. The summed E-state index contributed by atoms with van der Waals surface area (Å²) < 4.78 is 6.25. The molecule has 0 aromatic heterocycles. The molecule has 3 rings (SSSR count). The molecule has 174 valence electrons. The predicted molar refractivity (Wildman–Crippen MR) is 118 cm³/mol. The summed E-state index contributed by atoms with van der Waals surface area (Å²) >= 11 is 0. The molecule has 0 aliphatic carbocycles. The van der Waals surface area contributed by atoms with Crippen LogP contribution in [-0.2, 0) is 19.1 Å². The zero-order valence-electron chi connectivity index (χ0n) is 19.0. The Morgan fingerprint density at radius 1 is 1.16 bits per heavy atom. The molecule has 2 saturated heterocycles. The zero-order chi connectivity index (χ0) is 23.5. The Hall–Kier alpha value is -2.45. The van der Waals surface area contributed by atoms with Gasteiger partial charge in [-0.1, -0.05) is 37.3 Å². The second-order valence-corrected chi connectivity index (χ2v) is 9.43. The molecule has 1 aromatic carbocycles. The van der Waals surface area contributed by atoms with E-state index in [9.17, 15) is 24.4 Å². The third kappa shape index (κ3) is 4.38. The van der Waals surface area contributed by atoms with E-state index in [-0.39, 0.29) is 37.8 Å². The van der Waals surface area contributed by atoms with E-state index in [1.54, 1.807) is 19.1 Å². The number of aliphatic hydroxyl groups is 1. The Morgan fingerprint density at radius 3 is 2.25 bits per heavy atom. The van der Waals surface area contributed by atoms with Crippen molar-refractivity contribution in [1.29, 1.82) is 0 Å². The third-order valence-electron chi connectivity index (χ3n) is 7.60. The van der Waals surface area contributed by atoms with Gasteiger partial charge in [0.15, 0.2) is 5.78 Å². The zero-order valence-corrected chi connectivity index (χ0v) is 19.0. The van der Waals surface area contributed by atoms with Crippen LogP contribution in [0, 0.1) is 4.91 Å². The maximum Gasteiger partial charge on any atom is 0.316 e. The molecule has 4 unspecified atom stereocenters. The van der Waals surface area contributed by atoms with E-state index >= 15 is 0 Å². The molecule has 0 amide bonds. The van der Waals surface area contributed by atoms with Crippen molar-refractivity contribution in [2.24, 2.45) is 5.18 Å². The molecule has 1 aromatic rings. The van der Waals surface area contributed by atoms with Gasteiger partial charge in [0.2, 0.25) is 11.3 Å². The second-order valence-electron chi connectivity index (χ2n) is 9.43. The summed E-state index contributed by atoms with van der Waals surface area (Å²) in [7, 11) is 1.99. The topological polar surface area (TPSA) is 110 Å². The number of esters is 1. The number of piperidine rings is 1. The van der Waals surface area contributed by atoms with E-state index in [1.807, 2.05) is 25.2 Å². The van der Waals surface area contributed by atoms with Gasteiger partial charge in [-0.05, 0) is 17.7 Å². The van der Waals surface area contributed by atoms with E-state index < -0.39 is 29.0 Å². The Labute approximate surface area is 188 Å². The minimum Gasteiger partial charge on any atom is -0.461 e. The average Bonchev–Trinajstić information content (AvgIpc) is 2.95. The van der Waals surface area contributed by atoms with E-state index in [0.29, 0.717) is 22.9 Å². The van der Waals surface area contributed by atoms with Crippen LogP contribution in [0.3, 0.4) is 0 Å². The van der Waals surface area contributed by atoms with Gasteiger partial charge in [-0.2, -0.15) is 0 Å². The number of Topliss-reactive ketones (excluding diaryl/α,β-unsaturated/α-hetero) is 2. The minimum absolute atomic E-state index is 0.0628. The van der Waals surface area contributed by atoms with Crippen LogP contribution in [0.5, 0.6) is 0 Å². The standard InChI is InChI=1S/C24H33N2O6/c1-4-21(28)24(2,25-31)22(29)14-26(3)17-10-11-18(26)13-19(12-17)32-23(30)20(15-27)16-8-6-5-7-9-16/h5-9,17-20,27H,4,10-15H2,1-3H3/q+1. The fraction of sp³-hybridized carbons (Fsp3) is 0.625. The SMILES string of the molecule is CCC(=O)C(C)(N=O)C(=O)C[N+]1(C)C2CCC1CC(OC(=O)C(CO)c1ccccc1)C2. The lowest BCUT2D eigenvalue weighted by molar-refractivity contribution is -0.942. The Kier molecular flexibility index (Phi) is 7.25. The van der Waals surface area contributed by atoms with Gasteiger partial charge < -0.3 is 14.3 Å². The fourth-order valence-electron chi connectivity index (χ4n) is 5.36. The van der Waals surface area contributed by atoms with Crippen molar-refractivity contribution in [3.05, 3.63) is 40.8 Å². The number of fused-ring (bicyclic) bond motifs is 2. The number of nitrogens with zero attached hydrogens (tertiary/aromatic N) is 2. The van der Waals surface area contributed by atoms with Crippen molar-refractivity contribution in [2.75, 3.05) is 20.2 Å². The first-order valence-electron chi connectivity index (χ1n) is 11.3. The predicted octanol–water partition coefficient (Wildman–Crippen LogP) is 2.52. The number of aliphatic hydroxyl groups excluding tert-OH is 1. The molecule has 2 heterocycles. The van der Waals surface area contributed by atoms with Gasteiger partial charge in [0, 0.05) is 32.1 Å². The van der Waals surface area contributed by atoms with Crippen LogP contribution >= 0.6 is 0 Å². The van der Waals surface area contributed by atoms with Gasteiger partial charge >= 0.3 is 5.97 Å². The number of quaternary nitrogens is 1. The van der Waals surface area contributed by atoms with E-state index in [0.717, 1.165) is 12.8 Å². The molecular formula is C24H33N2O6+. The number of carbonyl (C=O) groups excluding carboxylic acids is 3. The summed E-state index contributed by atoms with van der Waals surface area (Å²) in [6, 6.07) is 9.25. The average molecular weight is 446 g/mol. The van der Waals surface area contributed by atoms with Gasteiger partial charge in [0.05, 0.1) is 25.7 Å². The van der Waals surface area contributed by atoms with Crippen molar-refractivity contribution in [1.82, 2.24) is 0 Å². The first kappa shape index (κ1) is 24.2. The molecule has 0 spiro atoms. The number of ketones is 2. The summed E-state index contributed by atoms with van der Waals surface area (Å²) in [6.07, 6.45) is 2.77. The van der Waals surface area contributed by atoms with Crippen LogP contribution in [0.1, 0.15) is 57.4 Å². The van der Waals surface area contributed by atoms with Crippen LogP contribution in [0.15, 0.2) is 35.5 Å². The van der Waals surface area contributed by atoms with Crippen LogP contribution in [-0.4, -0.2) is 71.1 Å². The van der Waals surface area contributed by atoms with Crippen molar-refractivity contribution in [3.63, 3.8) is 0 Å². The molecule has 4 atom stereocenters. The van der Waals surface area contributed by atoms with Crippen molar-refractivity contribution in [2.45, 2.75) is 75.6 Å². The van der Waals surface area contributed by atoms with Gasteiger partial charge in [0.25, 0.3) is 0 Å². The van der Waals surface area contributed by atoms with Crippen molar-refractivity contribution in [3.8, 4) is 0 Å². The normalized spacial score (nSPS) is 29.6. The summed E-state index contributed by atoms with van der Waals surface area (Å²) in [6.45, 7) is 2.67. The fourth-order valence-corrected chi connectivity index (χ4v) is 5.36. The van der Waals surface area contributed by atoms with Crippen molar-refractivity contribution >= 4 is 17.5 Å². The minimum atomic E-state index is -1.84. The number of hydrogen-bond acceptors (Lipinski definition) is 7. The molecule has 2 bridgehead atoms. The molecule has 0 radical (unpaired) electrons. The highest BCUT2D eigenvalue weighted by Crippen LogP contribution is 2.43. The van der Waals surface area contributed by atoms with E-state index in [2.05, 4.69) is 5.18 Å². The lowest BCUT2D eigenvalue weighted by Gasteiger charge is -2.47. The highest BCUT2D eigenvalue weighted by Gasteiger charge is 2.56. The first-order chi connectivity index (χ1) is 15.2. The Balaban J connectivity index is 1.68. The van der Waals surface area contributed by atoms with Crippen LogP contribution in [0.2, 0.25) is 0 Å². The quantitative estimate of drug-likeness (QED) is 0.256. The van der Waals surface area contributed by atoms with Crippen molar-refractivity contribution < 1.29 is 28.7 Å². The number of likely N-dealkylation sites (N-methyl/N-ethyl adjacent to an activating group) is 1. The number of hydrogen-bond donors (Lipinski definition) is 1. The van der Waals surface area contributed by atoms with Gasteiger partial charge in [-0.25, -0.2) is 0 Å². The summed E-state index contributed by atoms with van der Waals surface area (Å²) in [5.41, 5.74) is -1.13. The monoisotopic (exact) mass is 445 g/mol. The summed E-state index contributed by atoms with van der Waals surface area (Å²) in [5.74, 6) is -2.07. The van der Waals surface area contributed by atoms with Crippen LogP contribution in [0.4, 0.5) is 0 Å². The lowest BCUT2D eigenvalue weighted by Crippen LogP contribution is -2.63. The Bertz CT molecular complexity index is 859. The largest absolute Gasteiger partial charge is 0.461 e. The molecule has 2 aliphatic heterocycles. The Morgan fingerprint density at radius 2 is 1.75 bits per heavy atom. The van der Waals surface area contributed by atoms with E-state index in [4.69, 9.17) is 4.74 Å². The number of nitroso groups, excluding NO2 is 1. The first-order valence-corrected chi connectivity index (χ1v) is 11.3. The van der Waals surface area contributed by atoms with Crippen LogP contribution < -0.4 is 0 Å². The number of benzene rings is 1. The molecule has 1 N–H and O–H groups in total. The summed E-state index contributed by atoms with van der Waals surface area (Å²) in [5, 5.41) is 12.7. The van der Waals surface area contributed by atoms with Gasteiger partial charge in [-0.3, -0.25) is 14.4 Å². The highest BCUT2D eigenvalue weighted by atomic mass is 16.5. The highest BCUT2D eigenvalue weighted by molar-refractivity contribution is 6.11. The molecule has 8 heteroatoms.